The molecule has 0 fully saturated rings. The molecule has 2 N–H and O–H groups in total. The van der Waals surface area contributed by atoms with Crippen molar-refractivity contribution in [3.05, 3.63) is 33.5 Å². The minimum absolute atomic E-state index is 0.158. The number of fused-ring (bicyclic) bond motifs is 1. The van der Waals surface area contributed by atoms with Crippen LogP contribution >= 0.6 is 34.0 Å². The van der Waals surface area contributed by atoms with Crippen LogP contribution in [-0.2, 0) is 0 Å². The highest BCUT2D eigenvalue weighted by atomic mass is 32.1. The Labute approximate surface area is 126 Å². The molecule has 0 atom stereocenters. The van der Waals surface area contributed by atoms with Crippen LogP contribution < -0.4 is 5.32 Å². The summed E-state index contributed by atoms with van der Waals surface area (Å²) >= 11 is 4.37. The van der Waals surface area contributed by atoms with E-state index in [0.29, 0.717) is 14.9 Å². The lowest BCUT2D eigenvalue weighted by molar-refractivity contribution is 0.103. The normalized spacial score (nSPS) is 10.2. The Balaban J connectivity index is 1.75. The predicted molar refractivity (Wildman–Crippen MR) is 83.7 cm³/mol. The fourth-order valence-corrected chi connectivity index (χ4v) is 4.24. The highest BCUT2D eigenvalue weighted by Gasteiger charge is 2.12. The van der Waals surface area contributed by atoms with Crippen molar-refractivity contribution in [2.75, 3.05) is 11.9 Å². The standard InChI is InChI=1S/C13H8N2O2S3/c16-4-1-2-8-7-14-13(19-8)15-12(17)11-6-10-9(20-11)3-5-18-10/h3,5-7,16H,4H2,(H,14,15,17). The third-order valence-corrected chi connectivity index (χ3v) is 5.30. The first-order valence-electron chi connectivity index (χ1n) is 5.60. The van der Waals surface area contributed by atoms with Gasteiger partial charge in [0.25, 0.3) is 5.91 Å². The van der Waals surface area contributed by atoms with E-state index in [9.17, 15) is 4.79 Å². The SMILES string of the molecule is O=C(Nc1ncc(C#CCO)s1)c1cc2sccc2s1. The Morgan fingerprint density at radius 3 is 3.10 bits per heavy atom. The van der Waals surface area contributed by atoms with Crippen LogP contribution in [0, 0.1) is 11.8 Å². The molecule has 0 radical (unpaired) electrons. The third-order valence-electron chi connectivity index (χ3n) is 2.38. The van der Waals surface area contributed by atoms with Gasteiger partial charge in [-0.3, -0.25) is 10.1 Å². The second-order valence-corrected chi connectivity index (χ2v) is 6.77. The number of rotatable bonds is 2. The highest BCUT2D eigenvalue weighted by molar-refractivity contribution is 7.28. The molecule has 3 aromatic rings. The molecule has 0 aliphatic rings. The molecule has 0 aliphatic heterocycles. The summed E-state index contributed by atoms with van der Waals surface area (Å²) in [7, 11) is 0. The van der Waals surface area contributed by atoms with Gasteiger partial charge in [-0.2, -0.15) is 0 Å². The van der Waals surface area contributed by atoms with Gasteiger partial charge in [0.2, 0.25) is 0 Å². The number of thiophene rings is 2. The van der Waals surface area contributed by atoms with Crippen LogP contribution in [0.4, 0.5) is 5.13 Å². The molecule has 0 unspecified atom stereocenters. The number of carbonyl (C=O) groups excluding carboxylic acids is 1. The number of aliphatic hydroxyl groups excluding tert-OH is 1. The zero-order valence-electron chi connectivity index (χ0n) is 10.0. The summed E-state index contributed by atoms with van der Waals surface area (Å²) in [6.45, 7) is -0.189. The molecule has 0 aliphatic carbocycles. The Hall–Kier alpha value is -1.72. The van der Waals surface area contributed by atoms with E-state index in [4.69, 9.17) is 5.11 Å². The van der Waals surface area contributed by atoms with Crippen molar-refractivity contribution in [1.29, 1.82) is 0 Å². The number of aromatic nitrogens is 1. The molecule has 7 heteroatoms. The van der Waals surface area contributed by atoms with Crippen molar-refractivity contribution in [1.82, 2.24) is 4.98 Å². The fraction of sp³-hybridized carbons (Fsp3) is 0.0769. The molecular weight excluding hydrogens is 312 g/mol. The lowest BCUT2D eigenvalue weighted by Crippen LogP contribution is -2.09. The number of thiazole rings is 1. The monoisotopic (exact) mass is 320 g/mol. The summed E-state index contributed by atoms with van der Waals surface area (Å²) in [6.07, 6.45) is 1.58. The maximum absolute atomic E-state index is 12.1. The molecule has 3 aromatic heterocycles. The van der Waals surface area contributed by atoms with Gasteiger partial charge in [0, 0.05) is 9.40 Å². The van der Waals surface area contributed by atoms with Gasteiger partial charge in [-0.15, -0.1) is 22.7 Å². The molecule has 1 amide bonds. The average molecular weight is 320 g/mol. The van der Waals surface area contributed by atoms with E-state index < -0.39 is 0 Å². The maximum Gasteiger partial charge on any atom is 0.267 e. The predicted octanol–water partition coefficient (Wildman–Crippen LogP) is 3.02. The minimum atomic E-state index is -0.189. The van der Waals surface area contributed by atoms with E-state index in [0.717, 1.165) is 9.40 Å². The molecule has 3 rings (SSSR count). The summed E-state index contributed by atoms with van der Waals surface area (Å²) in [5.41, 5.74) is 0. The molecular formula is C13H8N2O2S3. The largest absolute Gasteiger partial charge is 0.384 e. The van der Waals surface area contributed by atoms with Crippen LogP contribution in [0.15, 0.2) is 23.7 Å². The first-order chi connectivity index (χ1) is 9.76. The minimum Gasteiger partial charge on any atom is -0.384 e. The molecule has 0 bridgehead atoms. The van der Waals surface area contributed by atoms with Crippen LogP contribution in [0.1, 0.15) is 14.5 Å². The van der Waals surface area contributed by atoms with E-state index in [-0.39, 0.29) is 12.5 Å². The Kier molecular flexibility index (Phi) is 3.80. The van der Waals surface area contributed by atoms with Crippen molar-refractivity contribution in [3.8, 4) is 11.8 Å². The number of amides is 1. The van der Waals surface area contributed by atoms with Crippen molar-refractivity contribution in [2.24, 2.45) is 0 Å². The van der Waals surface area contributed by atoms with Gasteiger partial charge in [-0.25, -0.2) is 4.98 Å². The summed E-state index contributed by atoms with van der Waals surface area (Å²) in [4.78, 5) is 17.6. The van der Waals surface area contributed by atoms with Crippen LogP contribution in [-0.4, -0.2) is 22.6 Å². The molecule has 0 saturated carbocycles. The second kappa shape index (κ2) is 5.73. The maximum atomic E-state index is 12.1. The van der Waals surface area contributed by atoms with Crippen molar-refractivity contribution < 1.29 is 9.90 Å². The van der Waals surface area contributed by atoms with Gasteiger partial charge in [-0.1, -0.05) is 23.2 Å². The number of aliphatic hydroxyl groups is 1. The molecule has 0 saturated heterocycles. The fourth-order valence-electron chi connectivity index (χ4n) is 1.55. The summed E-state index contributed by atoms with van der Waals surface area (Å²) in [5, 5.41) is 13.9. The van der Waals surface area contributed by atoms with Gasteiger partial charge >= 0.3 is 0 Å². The topological polar surface area (TPSA) is 62.2 Å². The lowest BCUT2D eigenvalue weighted by atomic mass is 10.4. The smallest absolute Gasteiger partial charge is 0.267 e. The van der Waals surface area contributed by atoms with Gasteiger partial charge in [-0.05, 0) is 17.5 Å². The Morgan fingerprint density at radius 2 is 2.30 bits per heavy atom. The molecule has 4 nitrogen and oxygen atoms in total. The van der Waals surface area contributed by atoms with E-state index in [1.807, 2.05) is 17.5 Å². The Morgan fingerprint density at radius 1 is 1.40 bits per heavy atom. The Bertz CT molecular complexity index is 791. The first kappa shape index (κ1) is 13.3. The van der Waals surface area contributed by atoms with Gasteiger partial charge in [0.1, 0.15) is 6.61 Å². The van der Waals surface area contributed by atoms with Crippen LogP contribution in [0.5, 0.6) is 0 Å². The highest BCUT2D eigenvalue weighted by Crippen LogP contribution is 2.30. The van der Waals surface area contributed by atoms with Crippen LogP contribution in [0.2, 0.25) is 0 Å². The molecule has 3 heterocycles. The van der Waals surface area contributed by atoms with E-state index in [2.05, 4.69) is 22.1 Å². The van der Waals surface area contributed by atoms with Crippen molar-refractivity contribution >= 4 is 54.4 Å². The number of carbonyl (C=O) groups is 1. The summed E-state index contributed by atoms with van der Waals surface area (Å²) in [5.74, 6) is 5.14. The second-order valence-electron chi connectivity index (χ2n) is 3.70. The van der Waals surface area contributed by atoms with Crippen molar-refractivity contribution in [3.63, 3.8) is 0 Å². The lowest BCUT2D eigenvalue weighted by Gasteiger charge is -1.96. The van der Waals surface area contributed by atoms with Gasteiger partial charge in [0.15, 0.2) is 5.13 Å². The number of nitrogens with zero attached hydrogens (tertiary/aromatic N) is 1. The third kappa shape index (κ3) is 2.73. The zero-order valence-corrected chi connectivity index (χ0v) is 12.5. The quantitative estimate of drug-likeness (QED) is 0.714. The summed E-state index contributed by atoms with van der Waals surface area (Å²) in [6, 6.07) is 3.90. The van der Waals surface area contributed by atoms with Crippen molar-refractivity contribution in [2.45, 2.75) is 0 Å². The zero-order chi connectivity index (χ0) is 13.9. The molecule has 0 aromatic carbocycles. The molecule has 20 heavy (non-hydrogen) atoms. The number of hydrogen-bond donors (Lipinski definition) is 2. The molecule has 0 spiro atoms. The number of anilines is 1. The number of hydrogen-bond acceptors (Lipinski definition) is 6. The van der Waals surface area contributed by atoms with E-state index in [1.165, 1.54) is 22.7 Å². The van der Waals surface area contributed by atoms with E-state index in [1.54, 1.807) is 17.5 Å². The van der Waals surface area contributed by atoms with Crippen LogP contribution in [0.3, 0.4) is 0 Å². The summed E-state index contributed by atoms with van der Waals surface area (Å²) < 4.78 is 2.24. The number of nitrogens with one attached hydrogen (secondary N) is 1. The van der Waals surface area contributed by atoms with Gasteiger partial charge in [0.05, 0.1) is 16.0 Å². The van der Waals surface area contributed by atoms with Crippen LogP contribution in [0.25, 0.3) is 9.40 Å². The van der Waals surface area contributed by atoms with Gasteiger partial charge < -0.3 is 5.11 Å². The van der Waals surface area contributed by atoms with E-state index >= 15 is 0 Å². The molecule has 100 valence electrons. The average Bonchev–Trinajstić information content (AvgIpc) is 3.11. The first-order valence-corrected chi connectivity index (χ1v) is 8.11.